The molecule has 68 valence electrons. The zero-order chi connectivity index (χ0) is 8.93. The van der Waals surface area contributed by atoms with E-state index in [1.54, 1.807) is 5.57 Å². The zero-order valence-corrected chi connectivity index (χ0v) is 8.52. The van der Waals surface area contributed by atoms with Crippen molar-refractivity contribution in [3.8, 4) is 0 Å². The Balaban J connectivity index is 1.86. The van der Waals surface area contributed by atoms with E-state index in [0.717, 1.165) is 0 Å². The fourth-order valence-corrected chi connectivity index (χ4v) is 2.53. The lowest BCUT2D eigenvalue weighted by Gasteiger charge is -2.01. The van der Waals surface area contributed by atoms with Crippen molar-refractivity contribution in [3.63, 3.8) is 0 Å². The van der Waals surface area contributed by atoms with E-state index >= 15 is 0 Å². The summed E-state index contributed by atoms with van der Waals surface area (Å²) in [7, 11) is 0. The maximum atomic E-state index is 2.40. The molecule has 0 aliphatic heterocycles. The Morgan fingerprint density at radius 1 is 1.15 bits per heavy atom. The zero-order valence-electron chi connectivity index (χ0n) is 7.70. The van der Waals surface area contributed by atoms with Gasteiger partial charge >= 0.3 is 0 Å². The van der Waals surface area contributed by atoms with Gasteiger partial charge in [-0.2, -0.15) is 0 Å². The molecule has 0 aromatic heterocycles. The van der Waals surface area contributed by atoms with Crippen molar-refractivity contribution in [1.29, 1.82) is 0 Å². The lowest BCUT2D eigenvalue weighted by molar-refractivity contribution is 0.908. The number of allylic oxidation sites excluding steroid dienone is 1. The molecule has 2 rings (SSSR count). The third-order valence-electron chi connectivity index (χ3n) is 2.30. The van der Waals surface area contributed by atoms with Crippen LogP contribution in [0.4, 0.5) is 0 Å². The van der Waals surface area contributed by atoms with Gasteiger partial charge in [-0.05, 0) is 31.4 Å². The largest absolute Gasteiger partial charge is 0.122 e. The monoisotopic (exact) mass is 190 g/mol. The molecule has 1 aliphatic carbocycles. The summed E-state index contributed by atoms with van der Waals surface area (Å²) >= 11 is 1.95. The highest BCUT2D eigenvalue weighted by Gasteiger charge is 2.04. The average molecular weight is 190 g/mol. The lowest BCUT2D eigenvalue weighted by atomic mass is 10.3. The van der Waals surface area contributed by atoms with Crippen molar-refractivity contribution in [2.75, 3.05) is 5.75 Å². The van der Waals surface area contributed by atoms with Crippen LogP contribution in [0.25, 0.3) is 0 Å². The van der Waals surface area contributed by atoms with Gasteiger partial charge in [-0.25, -0.2) is 0 Å². The van der Waals surface area contributed by atoms with Crippen molar-refractivity contribution in [2.24, 2.45) is 0 Å². The van der Waals surface area contributed by atoms with Crippen molar-refractivity contribution < 1.29 is 0 Å². The van der Waals surface area contributed by atoms with Gasteiger partial charge in [0.25, 0.3) is 0 Å². The van der Waals surface area contributed by atoms with Gasteiger partial charge in [0, 0.05) is 10.6 Å². The molecule has 0 atom stereocenters. The molecule has 0 N–H and O–H groups in total. The van der Waals surface area contributed by atoms with Crippen LogP contribution >= 0.6 is 11.8 Å². The van der Waals surface area contributed by atoms with E-state index in [1.165, 1.54) is 29.9 Å². The van der Waals surface area contributed by atoms with Crippen LogP contribution in [-0.4, -0.2) is 5.75 Å². The minimum atomic E-state index is 1.18. The molecule has 0 radical (unpaired) electrons. The maximum Gasteiger partial charge on any atom is 0.0190 e. The van der Waals surface area contributed by atoms with Crippen LogP contribution < -0.4 is 0 Å². The lowest BCUT2D eigenvalue weighted by Crippen LogP contribution is -1.82. The Labute approximate surface area is 84.0 Å². The molecule has 0 amide bonds. The molecular formula is C12H14S. The summed E-state index contributed by atoms with van der Waals surface area (Å²) in [4.78, 5) is 1.38. The fourth-order valence-electron chi connectivity index (χ4n) is 1.56. The molecule has 1 heteroatoms. The van der Waals surface area contributed by atoms with Crippen LogP contribution in [0.1, 0.15) is 19.3 Å². The standard InChI is InChI=1S/C12H14S/c1-2-8-12(9-3-1)13-10-11-6-4-5-7-11/h1-3,6,8-9H,4-5,7,10H2. The number of thioether (sulfide) groups is 1. The third kappa shape index (κ3) is 2.63. The van der Waals surface area contributed by atoms with E-state index in [1.807, 2.05) is 11.8 Å². The number of benzene rings is 1. The van der Waals surface area contributed by atoms with E-state index in [4.69, 9.17) is 0 Å². The molecule has 0 unspecified atom stereocenters. The van der Waals surface area contributed by atoms with Gasteiger partial charge in [0.2, 0.25) is 0 Å². The molecule has 1 aromatic rings. The topological polar surface area (TPSA) is 0 Å². The first-order valence-corrected chi connectivity index (χ1v) is 5.79. The number of hydrogen-bond donors (Lipinski definition) is 0. The average Bonchev–Trinajstić information content (AvgIpc) is 2.69. The highest BCUT2D eigenvalue weighted by molar-refractivity contribution is 7.99. The minimum Gasteiger partial charge on any atom is -0.122 e. The second-order valence-corrected chi connectivity index (χ2v) is 4.41. The van der Waals surface area contributed by atoms with Crippen LogP contribution in [0.15, 0.2) is 46.9 Å². The van der Waals surface area contributed by atoms with Crippen molar-refractivity contribution >= 4 is 11.8 Å². The van der Waals surface area contributed by atoms with E-state index in [0.29, 0.717) is 0 Å². The summed E-state index contributed by atoms with van der Waals surface area (Å²) in [5, 5.41) is 0. The van der Waals surface area contributed by atoms with Crippen LogP contribution in [0.3, 0.4) is 0 Å². The molecule has 0 bridgehead atoms. The van der Waals surface area contributed by atoms with Gasteiger partial charge in [-0.1, -0.05) is 29.8 Å². The summed E-state index contributed by atoms with van der Waals surface area (Å²) in [5.74, 6) is 1.18. The van der Waals surface area contributed by atoms with Crippen molar-refractivity contribution in [1.82, 2.24) is 0 Å². The van der Waals surface area contributed by atoms with Gasteiger partial charge in [-0.3, -0.25) is 0 Å². The van der Waals surface area contributed by atoms with Gasteiger partial charge < -0.3 is 0 Å². The highest BCUT2D eigenvalue weighted by atomic mass is 32.2. The van der Waals surface area contributed by atoms with Gasteiger partial charge in [0.1, 0.15) is 0 Å². The normalized spacial score (nSPS) is 15.8. The van der Waals surface area contributed by atoms with E-state index in [2.05, 4.69) is 36.4 Å². The SMILES string of the molecule is C1=C(CSc2ccccc2)CCC1. The molecule has 1 aliphatic rings. The van der Waals surface area contributed by atoms with E-state index < -0.39 is 0 Å². The minimum absolute atomic E-state index is 1.18. The summed E-state index contributed by atoms with van der Waals surface area (Å²) < 4.78 is 0. The van der Waals surface area contributed by atoms with Crippen LogP contribution in [0, 0.1) is 0 Å². The molecule has 0 nitrogen and oxygen atoms in total. The molecule has 0 heterocycles. The van der Waals surface area contributed by atoms with Gasteiger partial charge in [0.05, 0.1) is 0 Å². The molecular weight excluding hydrogens is 176 g/mol. The predicted molar refractivity (Wildman–Crippen MR) is 59.1 cm³/mol. The Morgan fingerprint density at radius 2 is 2.00 bits per heavy atom. The smallest absolute Gasteiger partial charge is 0.0190 e. The van der Waals surface area contributed by atoms with Crippen LogP contribution in [0.2, 0.25) is 0 Å². The highest BCUT2D eigenvalue weighted by Crippen LogP contribution is 2.25. The summed E-state index contributed by atoms with van der Waals surface area (Å²) in [6, 6.07) is 10.6. The second kappa shape index (κ2) is 4.52. The summed E-state index contributed by atoms with van der Waals surface area (Å²) in [6.07, 6.45) is 6.38. The molecule has 0 spiro atoms. The van der Waals surface area contributed by atoms with Crippen LogP contribution in [0.5, 0.6) is 0 Å². The van der Waals surface area contributed by atoms with Crippen LogP contribution in [-0.2, 0) is 0 Å². The molecule has 0 fully saturated rings. The number of rotatable bonds is 3. The molecule has 1 aromatic carbocycles. The van der Waals surface area contributed by atoms with Crippen molar-refractivity contribution in [2.45, 2.75) is 24.2 Å². The van der Waals surface area contributed by atoms with Gasteiger partial charge in [0.15, 0.2) is 0 Å². The Morgan fingerprint density at radius 3 is 2.69 bits per heavy atom. The molecule has 13 heavy (non-hydrogen) atoms. The summed E-state index contributed by atoms with van der Waals surface area (Å²) in [6.45, 7) is 0. The van der Waals surface area contributed by atoms with Gasteiger partial charge in [-0.15, -0.1) is 11.8 Å². The van der Waals surface area contributed by atoms with E-state index in [-0.39, 0.29) is 0 Å². The Hall–Kier alpha value is -0.690. The van der Waals surface area contributed by atoms with E-state index in [9.17, 15) is 0 Å². The third-order valence-corrected chi connectivity index (χ3v) is 3.42. The first-order chi connectivity index (χ1) is 6.45. The summed E-state index contributed by atoms with van der Waals surface area (Å²) in [5.41, 5.74) is 1.63. The first-order valence-electron chi connectivity index (χ1n) is 4.81. The fraction of sp³-hybridized carbons (Fsp3) is 0.333. The number of hydrogen-bond acceptors (Lipinski definition) is 1. The quantitative estimate of drug-likeness (QED) is 0.514. The first kappa shape index (κ1) is 8.89. The molecule has 0 saturated heterocycles. The maximum absolute atomic E-state index is 2.40. The second-order valence-electron chi connectivity index (χ2n) is 3.36. The Kier molecular flexibility index (Phi) is 3.09. The molecule has 0 saturated carbocycles. The predicted octanol–water partition coefficient (Wildman–Crippen LogP) is 3.89. The van der Waals surface area contributed by atoms with Crippen molar-refractivity contribution in [3.05, 3.63) is 42.0 Å². The Bertz CT molecular complexity index is 287.